The molecule has 0 radical (unpaired) electrons. The molecule has 0 amide bonds. The lowest BCUT2D eigenvalue weighted by Crippen LogP contribution is -2.28. The number of sulfonamides is 1. The molecule has 98 valence electrons. The Bertz CT molecular complexity index is 322. The average molecular weight is 304 g/mol. The van der Waals surface area contributed by atoms with E-state index in [1.165, 1.54) is 11.4 Å². The van der Waals surface area contributed by atoms with Crippen molar-refractivity contribution in [3.05, 3.63) is 0 Å². The Morgan fingerprint density at radius 3 is 2.38 bits per heavy atom. The number of hydrogen-bond donors (Lipinski definition) is 2. The molecule has 0 aliphatic rings. The minimum atomic E-state index is -3.23. The quantitative estimate of drug-likeness (QED) is 0.640. The fourth-order valence-corrected chi connectivity index (χ4v) is 10.5. The van der Waals surface area contributed by atoms with E-state index in [0.29, 0.717) is 13.0 Å². The molecule has 8 heteroatoms. The first-order valence-electron chi connectivity index (χ1n) is 5.40. The Kier molecular flexibility index (Phi) is 8.49. The van der Waals surface area contributed by atoms with Crippen LogP contribution in [-0.4, -0.2) is 26.5 Å². The van der Waals surface area contributed by atoms with Crippen molar-refractivity contribution in [3.63, 3.8) is 0 Å². The predicted octanol–water partition coefficient (Wildman–Crippen LogP) is 2.29. The Morgan fingerprint density at radius 1 is 1.31 bits per heavy atom. The Hall–Kier alpha value is 0.870. The minimum Gasteiger partial charge on any atom is -0.269 e. The van der Waals surface area contributed by atoms with Gasteiger partial charge in [-0.05, 0) is 18.7 Å². The molecule has 0 rings (SSSR count). The lowest BCUT2D eigenvalue weighted by atomic mass is 10.4. The maximum absolute atomic E-state index is 11.8. The molecule has 0 aromatic heterocycles. The van der Waals surface area contributed by atoms with Gasteiger partial charge in [-0.3, -0.25) is 5.09 Å². The molecular formula is C8H21N2O2PS3. The van der Waals surface area contributed by atoms with E-state index in [2.05, 4.69) is 9.58 Å². The molecule has 16 heavy (non-hydrogen) atoms. The number of rotatable bonds is 9. The smallest absolute Gasteiger partial charge is 0.217 e. The number of hydrogen-bond acceptors (Lipinski definition) is 4. The van der Waals surface area contributed by atoms with Crippen molar-refractivity contribution in [1.82, 2.24) is 9.58 Å². The van der Waals surface area contributed by atoms with Crippen molar-refractivity contribution in [2.75, 3.05) is 18.1 Å². The average Bonchev–Trinajstić information content (AvgIpc) is 2.14. The molecule has 0 aromatic rings. The van der Waals surface area contributed by atoms with Gasteiger partial charge in [0.25, 0.3) is 0 Å². The third kappa shape index (κ3) is 7.25. The van der Waals surface area contributed by atoms with E-state index < -0.39 is 15.6 Å². The van der Waals surface area contributed by atoms with Gasteiger partial charge >= 0.3 is 0 Å². The van der Waals surface area contributed by atoms with Gasteiger partial charge in [0, 0.05) is 0 Å². The van der Waals surface area contributed by atoms with E-state index in [4.69, 9.17) is 11.8 Å². The van der Waals surface area contributed by atoms with Crippen LogP contribution in [0.5, 0.6) is 0 Å². The first kappa shape index (κ1) is 16.9. The highest BCUT2D eigenvalue weighted by Crippen LogP contribution is 2.51. The first-order valence-corrected chi connectivity index (χ1v) is 11.4. The van der Waals surface area contributed by atoms with Crippen LogP contribution in [0.4, 0.5) is 0 Å². The predicted molar refractivity (Wildman–Crippen MR) is 77.9 cm³/mol. The van der Waals surface area contributed by atoms with E-state index in [0.717, 1.165) is 12.2 Å². The van der Waals surface area contributed by atoms with Gasteiger partial charge in [-0.25, -0.2) is 8.42 Å². The standard InChI is InChI=1S/C8H21N2O2PS3/c1-4-7-8-16(11,12)10-13(14,9-5-2)15-6-3/h4-8H2,1-3H3,(H2,9,10,14). The van der Waals surface area contributed by atoms with Crippen molar-refractivity contribution in [1.29, 1.82) is 0 Å². The topological polar surface area (TPSA) is 58.2 Å². The van der Waals surface area contributed by atoms with Crippen LogP contribution in [0.15, 0.2) is 0 Å². The highest BCUT2D eigenvalue weighted by Gasteiger charge is 2.22. The van der Waals surface area contributed by atoms with E-state index >= 15 is 0 Å². The van der Waals surface area contributed by atoms with Gasteiger partial charge in [0.1, 0.15) is 5.54 Å². The largest absolute Gasteiger partial charge is 0.269 e. The van der Waals surface area contributed by atoms with Crippen LogP contribution in [0, 0.1) is 0 Å². The molecule has 0 heterocycles. The van der Waals surface area contributed by atoms with E-state index in [1.54, 1.807) is 0 Å². The Morgan fingerprint density at radius 2 is 1.94 bits per heavy atom. The van der Waals surface area contributed by atoms with Crippen LogP contribution in [0.2, 0.25) is 0 Å². The first-order chi connectivity index (χ1) is 7.39. The molecule has 0 saturated heterocycles. The molecule has 0 aliphatic carbocycles. The summed E-state index contributed by atoms with van der Waals surface area (Å²) in [5, 5.41) is 3.09. The van der Waals surface area contributed by atoms with Crippen molar-refractivity contribution < 1.29 is 8.42 Å². The van der Waals surface area contributed by atoms with Gasteiger partial charge in [0.05, 0.1) is 5.75 Å². The van der Waals surface area contributed by atoms with Crippen LogP contribution >= 0.6 is 16.9 Å². The van der Waals surface area contributed by atoms with Gasteiger partial charge < -0.3 is 0 Å². The second-order valence-electron chi connectivity index (χ2n) is 3.24. The zero-order valence-electron chi connectivity index (χ0n) is 10.0. The molecule has 0 bridgehead atoms. The van der Waals surface area contributed by atoms with Crippen molar-refractivity contribution in [2.24, 2.45) is 0 Å². The number of unbranched alkanes of at least 4 members (excludes halogenated alkanes) is 1. The molecule has 0 aliphatic heterocycles. The second-order valence-corrected chi connectivity index (χ2v) is 12.6. The summed E-state index contributed by atoms with van der Waals surface area (Å²) in [6, 6.07) is 0. The molecule has 4 nitrogen and oxygen atoms in total. The van der Waals surface area contributed by atoms with Crippen molar-refractivity contribution in [3.8, 4) is 0 Å². The van der Waals surface area contributed by atoms with Gasteiger partial charge in [-0.2, -0.15) is 4.49 Å². The van der Waals surface area contributed by atoms with Gasteiger partial charge in [0.15, 0.2) is 0 Å². The Labute approximate surface area is 108 Å². The maximum atomic E-state index is 11.8. The molecular weight excluding hydrogens is 283 g/mol. The molecule has 1 atom stereocenters. The van der Waals surface area contributed by atoms with E-state index in [9.17, 15) is 8.42 Å². The van der Waals surface area contributed by atoms with Crippen LogP contribution in [0.25, 0.3) is 0 Å². The molecule has 0 aromatic carbocycles. The molecule has 0 fully saturated rings. The lowest BCUT2D eigenvalue weighted by molar-refractivity contribution is 0.590. The molecule has 0 spiro atoms. The normalized spacial score (nSPS) is 15.9. The number of nitrogens with one attached hydrogen (secondary N) is 2. The van der Waals surface area contributed by atoms with Crippen LogP contribution < -0.4 is 9.58 Å². The van der Waals surface area contributed by atoms with Crippen LogP contribution in [0.3, 0.4) is 0 Å². The summed E-state index contributed by atoms with van der Waals surface area (Å²) < 4.78 is 26.2. The van der Waals surface area contributed by atoms with Gasteiger partial charge in [0.2, 0.25) is 10.0 Å². The van der Waals surface area contributed by atoms with Crippen molar-refractivity contribution in [2.45, 2.75) is 33.6 Å². The van der Waals surface area contributed by atoms with E-state index in [-0.39, 0.29) is 5.75 Å². The third-order valence-electron chi connectivity index (χ3n) is 1.70. The molecule has 0 saturated carbocycles. The second kappa shape index (κ2) is 8.06. The summed E-state index contributed by atoms with van der Waals surface area (Å²) in [7, 11) is -3.23. The third-order valence-corrected chi connectivity index (χ3v) is 10.9. The molecule has 1 unspecified atom stereocenters. The van der Waals surface area contributed by atoms with Crippen molar-refractivity contribution >= 4 is 38.8 Å². The maximum Gasteiger partial charge on any atom is 0.217 e. The van der Waals surface area contributed by atoms with Gasteiger partial charge in [-0.15, -0.1) is 0 Å². The van der Waals surface area contributed by atoms with Crippen LogP contribution in [-0.2, 0) is 21.8 Å². The summed E-state index contributed by atoms with van der Waals surface area (Å²) in [6.07, 6.45) is 1.54. The summed E-state index contributed by atoms with van der Waals surface area (Å²) >= 11 is 6.86. The molecule has 2 N–H and O–H groups in total. The fourth-order valence-electron chi connectivity index (χ4n) is 1.06. The van der Waals surface area contributed by atoms with Crippen LogP contribution in [0.1, 0.15) is 33.6 Å². The van der Waals surface area contributed by atoms with Gasteiger partial charge in [-0.1, -0.05) is 50.4 Å². The summed E-state index contributed by atoms with van der Waals surface area (Å²) in [5.41, 5.74) is -2.22. The highest BCUT2D eigenvalue weighted by atomic mass is 32.9. The highest BCUT2D eigenvalue weighted by molar-refractivity contribution is 8.70. The fraction of sp³-hybridized carbons (Fsp3) is 1.00. The zero-order chi connectivity index (χ0) is 12.7. The summed E-state index contributed by atoms with van der Waals surface area (Å²) in [4.78, 5) is 0. The lowest BCUT2D eigenvalue weighted by Gasteiger charge is -2.22. The summed E-state index contributed by atoms with van der Waals surface area (Å²) in [6.45, 7) is 6.55. The SMILES string of the molecule is CCCCS(=O)(=O)NP(=S)(NCC)SCC. The van der Waals surface area contributed by atoms with E-state index in [1.807, 2.05) is 20.8 Å². The Balaban J connectivity index is 4.55. The zero-order valence-corrected chi connectivity index (χ0v) is 13.4. The summed E-state index contributed by atoms with van der Waals surface area (Å²) in [5.74, 6) is 0.970. The minimum absolute atomic E-state index is 0.164. The monoisotopic (exact) mass is 304 g/mol.